The molecule has 0 aliphatic heterocycles. The van der Waals surface area contributed by atoms with Crippen molar-refractivity contribution >= 4 is 0 Å². The van der Waals surface area contributed by atoms with Crippen LogP contribution >= 0.6 is 0 Å². The Kier molecular flexibility index (Phi) is 8.38. The van der Waals surface area contributed by atoms with E-state index in [-0.39, 0.29) is 29.5 Å². The third-order valence-electron chi connectivity index (χ3n) is 6.98. The molecule has 0 fully saturated rings. The van der Waals surface area contributed by atoms with Crippen LogP contribution in [0.2, 0.25) is 0 Å². The average Bonchev–Trinajstić information content (AvgIpc) is 2.92. The molecule has 2 aromatic heterocycles. The van der Waals surface area contributed by atoms with E-state index < -0.39 is 0 Å². The molecule has 0 spiro atoms. The van der Waals surface area contributed by atoms with E-state index in [1.54, 1.807) is 10.6 Å². The van der Waals surface area contributed by atoms with Crippen LogP contribution in [0.4, 0.5) is 0 Å². The Morgan fingerprint density at radius 1 is 1.03 bits per heavy atom. The smallest absolute Gasteiger partial charge is 0.261 e. The molecule has 2 heterocycles. The second-order valence-corrected chi connectivity index (χ2v) is 9.73. The quantitative estimate of drug-likeness (QED) is 0.282. The average molecular weight is 507 g/mol. The van der Waals surface area contributed by atoms with Gasteiger partial charge in [0.2, 0.25) is 5.88 Å². The number of rotatable bonds is 9. The van der Waals surface area contributed by atoms with Gasteiger partial charge in [0.25, 0.3) is 5.56 Å². The summed E-state index contributed by atoms with van der Waals surface area (Å²) in [5, 5.41) is 20.3. The molecule has 0 unspecified atom stereocenters. The first-order chi connectivity index (χ1) is 18.4. The molecule has 1 N–H and O–H groups in total. The van der Waals surface area contributed by atoms with Gasteiger partial charge in [-0.05, 0) is 61.6 Å². The van der Waals surface area contributed by atoms with Crippen molar-refractivity contribution in [3.05, 3.63) is 110 Å². The maximum absolute atomic E-state index is 14.0. The van der Waals surface area contributed by atoms with Crippen molar-refractivity contribution in [2.45, 2.75) is 65.8 Å². The predicted molar refractivity (Wildman–Crippen MR) is 150 cm³/mol. The molecule has 194 valence electrons. The molecule has 0 aliphatic carbocycles. The fourth-order valence-electron chi connectivity index (χ4n) is 4.97. The van der Waals surface area contributed by atoms with E-state index in [1.165, 1.54) is 0 Å². The first-order valence-electron chi connectivity index (χ1n) is 13.2. The van der Waals surface area contributed by atoms with Gasteiger partial charge in [-0.1, -0.05) is 62.7 Å². The van der Waals surface area contributed by atoms with Gasteiger partial charge in [-0.25, -0.2) is 0 Å². The standard InChI is InChI=1S/C32H34N4O2/c1-5-7-11-30-35-31(37)28(32(38)36(30)29(6-2)26-10-8-9-24(18-26)20-33)19-23-13-15-25(16-14-23)27-17-12-21(3)34-22(27)4/h8-10,12-18,29,37H,5-7,11,19H2,1-4H3/t29-/m0/s1. The lowest BCUT2D eigenvalue weighted by atomic mass is 9.99. The van der Waals surface area contributed by atoms with Crippen LogP contribution in [-0.4, -0.2) is 19.6 Å². The monoisotopic (exact) mass is 506 g/mol. The number of hydrogen-bond donors (Lipinski definition) is 1. The second kappa shape index (κ2) is 11.9. The van der Waals surface area contributed by atoms with Gasteiger partial charge in [0.05, 0.1) is 23.2 Å². The zero-order valence-electron chi connectivity index (χ0n) is 22.5. The lowest BCUT2D eigenvalue weighted by Gasteiger charge is -2.23. The van der Waals surface area contributed by atoms with Gasteiger partial charge in [-0.15, -0.1) is 0 Å². The zero-order valence-corrected chi connectivity index (χ0v) is 22.5. The summed E-state index contributed by atoms with van der Waals surface area (Å²) in [5.41, 5.74) is 6.46. The van der Waals surface area contributed by atoms with E-state index >= 15 is 0 Å². The first kappa shape index (κ1) is 26.8. The number of aryl methyl sites for hydroxylation is 3. The van der Waals surface area contributed by atoms with Gasteiger partial charge < -0.3 is 5.11 Å². The number of nitriles is 1. The van der Waals surface area contributed by atoms with Crippen LogP contribution in [0.3, 0.4) is 0 Å². The Hall–Kier alpha value is -4.24. The molecule has 2 aromatic carbocycles. The minimum Gasteiger partial charge on any atom is -0.493 e. The van der Waals surface area contributed by atoms with Crippen LogP contribution in [-0.2, 0) is 12.8 Å². The molecule has 6 heteroatoms. The highest BCUT2D eigenvalue weighted by Gasteiger charge is 2.23. The normalized spacial score (nSPS) is 11.8. The van der Waals surface area contributed by atoms with E-state index in [2.05, 4.69) is 29.0 Å². The van der Waals surface area contributed by atoms with Gasteiger partial charge in [-0.3, -0.25) is 14.3 Å². The molecule has 0 bridgehead atoms. The molecule has 1 atom stereocenters. The molecule has 0 aliphatic rings. The molecule has 6 nitrogen and oxygen atoms in total. The lowest BCUT2D eigenvalue weighted by Crippen LogP contribution is -2.32. The van der Waals surface area contributed by atoms with E-state index in [9.17, 15) is 15.2 Å². The number of aromatic hydroxyl groups is 1. The fourth-order valence-corrected chi connectivity index (χ4v) is 4.97. The van der Waals surface area contributed by atoms with E-state index in [4.69, 9.17) is 0 Å². The number of benzene rings is 2. The molecule has 38 heavy (non-hydrogen) atoms. The van der Waals surface area contributed by atoms with E-state index in [0.29, 0.717) is 24.2 Å². The van der Waals surface area contributed by atoms with E-state index in [0.717, 1.165) is 46.5 Å². The third-order valence-corrected chi connectivity index (χ3v) is 6.98. The number of pyridine rings is 1. The third kappa shape index (κ3) is 5.68. The topological polar surface area (TPSA) is 91.8 Å². The van der Waals surface area contributed by atoms with Crippen molar-refractivity contribution in [3.63, 3.8) is 0 Å². The van der Waals surface area contributed by atoms with Crippen LogP contribution < -0.4 is 5.56 Å². The summed E-state index contributed by atoms with van der Waals surface area (Å²) in [6.45, 7) is 8.08. The molecule has 4 rings (SSSR count). The Morgan fingerprint density at radius 2 is 1.79 bits per heavy atom. The molecule has 0 saturated carbocycles. The fraction of sp³-hybridized carbons (Fsp3) is 0.312. The Morgan fingerprint density at radius 3 is 2.45 bits per heavy atom. The van der Waals surface area contributed by atoms with Crippen LogP contribution in [0, 0.1) is 25.2 Å². The molecule has 0 radical (unpaired) electrons. The molecular weight excluding hydrogens is 472 g/mol. The molecule has 0 saturated heterocycles. The summed E-state index contributed by atoms with van der Waals surface area (Å²) in [5.74, 6) is 0.366. The van der Waals surface area contributed by atoms with Crippen molar-refractivity contribution < 1.29 is 5.11 Å². The van der Waals surface area contributed by atoms with Gasteiger partial charge in [0.15, 0.2) is 0 Å². The highest BCUT2D eigenvalue weighted by molar-refractivity contribution is 5.66. The van der Waals surface area contributed by atoms with Crippen LogP contribution in [0.5, 0.6) is 5.88 Å². The van der Waals surface area contributed by atoms with Gasteiger partial charge >= 0.3 is 0 Å². The number of unbranched alkanes of at least 4 members (excludes halogenated alkanes) is 1. The van der Waals surface area contributed by atoms with Crippen molar-refractivity contribution in [1.82, 2.24) is 14.5 Å². The molecular formula is C32H34N4O2. The maximum Gasteiger partial charge on any atom is 0.261 e. The van der Waals surface area contributed by atoms with Gasteiger partial charge in [0.1, 0.15) is 5.82 Å². The lowest BCUT2D eigenvalue weighted by molar-refractivity contribution is 0.420. The van der Waals surface area contributed by atoms with Crippen LogP contribution in [0.15, 0.2) is 65.5 Å². The highest BCUT2D eigenvalue weighted by Crippen LogP contribution is 2.27. The van der Waals surface area contributed by atoms with Crippen LogP contribution in [0.25, 0.3) is 11.1 Å². The highest BCUT2D eigenvalue weighted by atomic mass is 16.3. The van der Waals surface area contributed by atoms with Crippen molar-refractivity contribution in [1.29, 1.82) is 5.26 Å². The largest absolute Gasteiger partial charge is 0.493 e. The number of nitrogens with zero attached hydrogens (tertiary/aromatic N) is 4. The van der Waals surface area contributed by atoms with E-state index in [1.807, 2.05) is 69.3 Å². The summed E-state index contributed by atoms with van der Waals surface area (Å²) in [6, 6.07) is 21.4. The summed E-state index contributed by atoms with van der Waals surface area (Å²) in [7, 11) is 0. The first-order valence-corrected chi connectivity index (χ1v) is 13.2. The van der Waals surface area contributed by atoms with Crippen molar-refractivity contribution in [2.24, 2.45) is 0 Å². The maximum atomic E-state index is 14.0. The summed E-state index contributed by atoms with van der Waals surface area (Å²) in [6.07, 6.45) is 3.31. The SMILES string of the molecule is CCCCc1nc(O)c(Cc2ccc(-c3ccc(C)nc3C)cc2)c(=O)n1[C@@H](CC)c1cccc(C#N)c1. The number of hydrogen-bond acceptors (Lipinski definition) is 5. The summed E-state index contributed by atoms with van der Waals surface area (Å²) >= 11 is 0. The Bertz CT molecular complexity index is 1530. The predicted octanol–water partition coefficient (Wildman–Crippen LogP) is 6.43. The minimum atomic E-state index is -0.283. The zero-order chi connectivity index (χ0) is 27.2. The second-order valence-electron chi connectivity index (χ2n) is 9.73. The van der Waals surface area contributed by atoms with Crippen molar-refractivity contribution in [3.8, 4) is 23.1 Å². The minimum absolute atomic E-state index is 0.208. The molecule has 0 amide bonds. The van der Waals surface area contributed by atoms with Crippen molar-refractivity contribution in [2.75, 3.05) is 0 Å². The summed E-state index contributed by atoms with van der Waals surface area (Å²) in [4.78, 5) is 23.1. The summed E-state index contributed by atoms with van der Waals surface area (Å²) < 4.78 is 1.73. The van der Waals surface area contributed by atoms with Gasteiger partial charge in [0, 0.05) is 29.8 Å². The van der Waals surface area contributed by atoms with Crippen LogP contribution in [0.1, 0.15) is 78.6 Å². The Balaban J connectivity index is 1.75. The number of aromatic nitrogens is 3. The molecule has 4 aromatic rings. The Labute approximate surface area is 224 Å². The van der Waals surface area contributed by atoms with Gasteiger partial charge in [-0.2, -0.15) is 10.2 Å².